The average molecular weight is 1140 g/mol. The zero-order valence-corrected chi connectivity index (χ0v) is 47.3. The van der Waals surface area contributed by atoms with Gasteiger partial charge < -0.3 is 52.7 Å². The minimum absolute atomic E-state index is 0.0241. The van der Waals surface area contributed by atoms with Crippen LogP contribution in [0.1, 0.15) is 34.6 Å². The second-order valence-electron chi connectivity index (χ2n) is 22.7. The summed E-state index contributed by atoms with van der Waals surface area (Å²) in [5, 5.41) is 13.5. The summed E-state index contributed by atoms with van der Waals surface area (Å²) < 4.78 is 47.4. The minimum Gasteiger partial charge on any atom is -0.422 e. The highest BCUT2D eigenvalue weighted by Gasteiger charge is 2.28. The van der Waals surface area contributed by atoms with Gasteiger partial charge in [-0.3, -0.25) is 0 Å². The van der Waals surface area contributed by atoms with Crippen LogP contribution in [-0.2, 0) is 0 Å². The van der Waals surface area contributed by atoms with Gasteiger partial charge in [-0.2, -0.15) is 0 Å². The van der Waals surface area contributed by atoms with Crippen LogP contribution in [0.25, 0.3) is 77.8 Å². The Morgan fingerprint density at radius 1 is 0.566 bits per heavy atom. The number of nitrogens with one attached hydrogen (secondary N) is 3. The maximum absolute atomic E-state index is 14.0. The van der Waals surface area contributed by atoms with Crippen LogP contribution >= 0.6 is 11.6 Å². The molecule has 83 heavy (non-hydrogen) atoms. The monoisotopic (exact) mass is 1140 g/mol. The molecule has 0 bridgehead atoms. The lowest BCUT2D eigenvalue weighted by atomic mass is 10.0. The number of piperazine rings is 3. The SMILES string of the molecule is CC1(C)CN(c2ccc3cc(-c4cn5cc(F)ccc5n4)c(=O)oc3c2)CCN1.CC1(C)CN(c2ccc3cc(-c4cn5cccc(F)c5n4)c(=O)oc3c2)CCN1.C[C@H]1CN(c2ccc3cc(-c4cccc(Cl)c4)c(=O)oc3c2)CCN1. The molecule has 0 radical (unpaired) electrons. The number of halogens is 3. The Hall–Kier alpha value is -8.68. The summed E-state index contributed by atoms with van der Waals surface area (Å²) in [7, 11) is 0. The van der Waals surface area contributed by atoms with Gasteiger partial charge in [-0.1, -0.05) is 23.7 Å². The summed E-state index contributed by atoms with van der Waals surface area (Å²) in [6, 6.07) is 36.8. The molecular weight excluding hydrogens is 1080 g/mol. The van der Waals surface area contributed by atoms with Gasteiger partial charge in [0.1, 0.15) is 28.2 Å². The molecule has 16 nitrogen and oxygen atoms in total. The number of nitrogens with zero attached hydrogens (tertiary/aromatic N) is 7. The van der Waals surface area contributed by atoms with Crippen molar-refractivity contribution in [3.05, 3.63) is 194 Å². The molecule has 7 aromatic heterocycles. The fourth-order valence-electron chi connectivity index (χ4n) is 11.2. The van der Waals surface area contributed by atoms with Crippen LogP contribution in [0.5, 0.6) is 0 Å². The average Bonchev–Trinajstić information content (AvgIpc) is 4.36. The van der Waals surface area contributed by atoms with Gasteiger partial charge in [0, 0.05) is 157 Å². The first-order valence-corrected chi connectivity index (χ1v) is 28.0. The smallest absolute Gasteiger partial charge is 0.345 e. The third-order valence-corrected chi connectivity index (χ3v) is 15.5. The maximum atomic E-state index is 14.0. The normalized spacial score (nSPS) is 17.0. The number of hydrogen-bond donors (Lipinski definition) is 3. The van der Waals surface area contributed by atoms with Crippen molar-refractivity contribution >= 4 is 72.9 Å². The first-order chi connectivity index (χ1) is 39.9. The van der Waals surface area contributed by atoms with Crippen LogP contribution in [0.2, 0.25) is 5.02 Å². The van der Waals surface area contributed by atoms with Crippen LogP contribution in [0.15, 0.2) is 174 Å². The van der Waals surface area contributed by atoms with Crippen LogP contribution in [-0.4, -0.2) is 94.8 Å². The highest BCUT2D eigenvalue weighted by atomic mass is 35.5. The number of imidazole rings is 2. The van der Waals surface area contributed by atoms with Crippen LogP contribution in [0.4, 0.5) is 25.8 Å². The van der Waals surface area contributed by atoms with Gasteiger partial charge in [-0.05, 0) is 131 Å². The third-order valence-electron chi connectivity index (χ3n) is 15.3. The molecule has 4 aromatic carbocycles. The van der Waals surface area contributed by atoms with Crippen molar-refractivity contribution in [3.63, 3.8) is 0 Å². The summed E-state index contributed by atoms with van der Waals surface area (Å²) in [5.74, 6) is -0.803. The molecule has 19 heteroatoms. The number of anilines is 3. The molecular formula is C64H61ClF2N10O6. The van der Waals surface area contributed by atoms with Gasteiger partial charge in [-0.25, -0.2) is 33.1 Å². The van der Waals surface area contributed by atoms with E-state index in [9.17, 15) is 23.2 Å². The van der Waals surface area contributed by atoms with Gasteiger partial charge >= 0.3 is 16.9 Å². The summed E-state index contributed by atoms with van der Waals surface area (Å²) in [6.07, 6.45) is 6.29. The van der Waals surface area contributed by atoms with Gasteiger partial charge in [0.05, 0.1) is 28.1 Å². The molecule has 424 valence electrons. The number of aromatic nitrogens is 4. The molecule has 0 saturated carbocycles. The van der Waals surface area contributed by atoms with Crippen molar-refractivity contribution in [1.29, 1.82) is 0 Å². The summed E-state index contributed by atoms with van der Waals surface area (Å²) in [4.78, 5) is 53.3. The van der Waals surface area contributed by atoms with E-state index in [0.717, 1.165) is 97.7 Å². The van der Waals surface area contributed by atoms with Crippen molar-refractivity contribution < 1.29 is 22.0 Å². The maximum Gasteiger partial charge on any atom is 0.345 e. The van der Waals surface area contributed by atoms with Gasteiger partial charge in [0.25, 0.3) is 0 Å². The van der Waals surface area contributed by atoms with E-state index in [1.54, 1.807) is 63.8 Å². The quantitative estimate of drug-likeness (QED) is 0.134. The Bertz CT molecular complexity index is 4460. The van der Waals surface area contributed by atoms with E-state index in [0.29, 0.717) is 61.5 Å². The summed E-state index contributed by atoms with van der Waals surface area (Å²) >= 11 is 6.04. The lowest BCUT2D eigenvalue weighted by Gasteiger charge is -2.40. The molecule has 0 unspecified atom stereocenters. The predicted octanol–water partition coefficient (Wildman–Crippen LogP) is 10.8. The number of benzene rings is 4. The molecule has 3 N–H and O–H groups in total. The summed E-state index contributed by atoms with van der Waals surface area (Å²) in [5.41, 5.74) is 7.15. The fourth-order valence-corrected chi connectivity index (χ4v) is 11.4. The zero-order chi connectivity index (χ0) is 57.7. The standard InChI is InChI=1S/2C22H21FN4O2.C20H19ClN2O2/c1-22(2)13-26(8-7-24-22)16-5-3-14-9-17(21(28)29-19(14)10-16)18-12-27-11-15(23)4-6-20(27)25-18;1-22(2)13-27(9-7-24-22)15-6-5-14-10-16(21(28)29-19(14)11-15)18-12-26-8-3-4-17(23)20(26)25-18;1-13-12-23(8-7-22-13)17-6-5-15-10-18(20(24)25-19(15)11-17)14-3-2-4-16(21)9-14/h3-6,9-12,24H,7-8,13H2,1-2H3;3-6,8,10-12,24H,7,9,13H2,1-2H3;2-6,9-11,13,22H,7-8,12H2,1H3/t;;13-/m..0/s1. The molecule has 1 atom stereocenters. The number of rotatable bonds is 6. The van der Waals surface area contributed by atoms with Gasteiger partial charge in [-0.15, -0.1) is 0 Å². The lowest BCUT2D eigenvalue weighted by Crippen LogP contribution is -2.57. The van der Waals surface area contributed by atoms with Crippen molar-refractivity contribution in [2.24, 2.45) is 0 Å². The van der Waals surface area contributed by atoms with E-state index in [1.807, 2.05) is 66.7 Å². The van der Waals surface area contributed by atoms with Crippen LogP contribution < -0.4 is 47.5 Å². The number of fused-ring (bicyclic) bond motifs is 5. The molecule has 14 rings (SSSR count). The molecule has 0 spiro atoms. The Kier molecular flexibility index (Phi) is 14.7. The van der Waals surface area contributed by atoms with Crippen molar-refractivity contribution in [2.75, 3.05) is 73.6 Å². The largest absolute Gasteiger partial charge is 0.422 e. The van der Waals surface area contributed by atoms with Crippen molar-refractivity contribution in [1.82, 2.24) is 34.7 Å². The second kappa shape index (κ2) is 22.2. The molecule has 3 fully saturated rings. The van der Waals surface area contributed by atoms with Crippen LogP contribution in [0.3, 0.4) is 0 Å². The predicted molar refractivity (Wildman–Crippen MR) is 324 cm³/mol. The highest BCUT2D eigenvalue weighted by Crippen LogP contribution is 2.31. The minimum atomic E-state index is -0.487. The number of pyridine rings is 2. The van der Waals surface area contributed by atoms with E-state index >= 15 is 0 Å². The lowest BCUT2D eigenvalue weighted by molar-refractivity contribution is 0.353. The first kappa shape index (κ1) is 54.9. The Morgan fingerprint density at radius 3 is 1.65 bits per heavy atom. The van der Waals surface area contributed by atoms with E-state index in [2.05, 4.69) is 81.3 Å². The Balaban J connectivity index is 0.000000123. The topological polar surface area (TPSA) is 171 Å². The zero-order valence-electron chi connectivity index (χ0n) is 46.5. The Labute approximate surface area is 480 Å². The van der Waals surface area contributed by atoms with Gasteiger partial charge in [0.15, 0.2) is 11.5 Å². The van der Waals surface area contributed by atoms with E-state index in [1.165, 1.54) is 18.3 Å². The Morgan fingerprint density at radius 2 is 1.10 bits per heavy atom. The second-order valence-corrected chi connectivity index (χ2v) is 23.2. The summed E-state index contributed by atoms with van der Waals surface area (Å²) in [6.45, 7) is 19.0. The van der Waals surface area contributed by atoms with Crippen LogP contribution in [0, 0.1) is 11.6 Å². The molecule has 3 aliphatic heterocycles. The third kappa shape index (κ3) is 11.9. The highest BCUT2D eigenvalue weighted by molar-refractivity contribution is 6.30. The van der Waals surface area contributed by atoms with Crippen molar-refractivity contribution in [3.8, 4) is 33.6 Å². The molecule has 3 aliphatic rings. The van der Waals surface area contributed by atoms with E-state index < -0.39 is 17.1 Å². The van der Waals surface area contributed by atoms with Gasteiger partial charge in [0.2, 0.25) is 0 Å². The molecule has 0 amide bonds. The van der Waals surface area contributed by atoms with Crippen molar-refractivity contribution in [2.45, 2.75) is 51.7 Å². The molecule has 10 heterocycles. The molecule has 3 saturated heterocycles. The molecule has 11 aromatic rings. The molecule has 0 aliphatic carbocycles. The number of hydrogen-bond acceptors (Lipinski definition) is 14. The fraction of sp³-hybridized carbons (Fsp3) is 0.266. The first-order valence-electron chi connectivity index (χ1n) is 27.6. The van der Waals surface area contributed by atoms with E-state index in [4.69, 9.17) is 24.9 Å². The van der Waals surface area contributed by atoms with E-state index in [-0.39, 0.29) is 28.2 Å².